The van der Waals surface area contributed by atoms with Crippen molar-refractivity contribution in [2.45, 2.75) is 72.3 Å². The predicted molar refractivity (Wildman–Crippen MR) is 150 cm³/mol. The molecular weight excluding hydrogens is 514 g/mol. The molecule has 10 heteroatoms. The summed E-state index contributed by atoms with van der Waals surface area (Å²) in [5, 5.41) is 5.46. The molecule has 9 nitrogen and oxygen atoms in total. The van der Waals surface area contributed by atoms with Crippen molar-refractivity contribution >= 4 is 29.1 Å². The molecule has 1 fully saturated rings. The maximum atomic E-state index is 13.1. The van der Waals surface area contributed by atoms with E-state index in [1.54, 1.807) is 12.3 Å². The number of benzene rings is 1. The highest BCUT2D eigenvalue weighted by molar-refractivity contribution is 7.09. The summed E-state index contributed by atoms with van der Waals surface area (Å²) < 4.78 is 5.70. The van der Waals surface area contributed by atoms with Crippen LogP contribution in [-0.2, 0) is 4.79 Å². The molecule has 0 spiro atoms. The van der Waals surface area contributed by atoms with Crippen molar-refractivity contribution < 1.29 is 18.8 Å². The summed E-state index contributed by atoms with van der Waals surface area (Å²) in [6.45, 7) is 9.95. The fourth-order valence-corrected chi connectivity index (χ4v) is 5.58. The van der Waals surface area contributed by atoms with E-state index in [0.29, 0.717) is 35.8 Å². The standard InChI is InChI=1S/C29H37N5O4S/c1-16(2)13-21(19-11-12-19)29-31-23(15-39-29)26(36)34-33-25(35)22(14-17(3)4)30-27(37)24-18(5)38-28(32-24)20-9-7-6-8-10-20/h6-10,15-17,19,21-22H,11-14H2,1-5H3,(H,30,37)(H,33,35)(H,34,36)/t21?,22-/m0/s1. The minimum atomic E-state index is -0.884. The van der Waals surface area contributed by atoms with Crippen LogP contribution in [0.3, 0.4) is 0 Å². The van der Waals surface area contributed by atoms with Crippen LogP contribution in [0.5, 0.6) is 0 Å². The molecule has 1 aliphatic rings. The number of carbonyl (C=O) groups is 3. The van der Waals surface area contributed by atoms with Crippen molar-refractivity contribution in [1.29, 1.82) is 0 Å². The van der Waals surface area contributed by atoms with Crippen molar-refractivity contribution in [1.82, 2.24) is 26.1 Å². The highest BCUT2D eigenvalue weighted by Gasteiger charge is 2.35. The summed E-state index contributed by atoms with van der Waals surface area (Å²) in [5.74, 6) is 0.823. The van der Waals surface area contributed by atoms with E-state index in [-0.39, 0.29) is 17.3 Å². The average molecular weight is 552 g/mol. The molecular formula is C29H37N5O4S. The lowest BCUT2D eigenvalue weighted by Gasteiger charge is -2.20. The molecule has 3 aromatic rings. The van der Waals surface area contributed by atoms with E-state index in [1.807, 2.05) is 44.2 Å². The summed E-state index contributed by atoms with van der Waals surface area (Å²) in [6, 6.07) is 8.39. The van der Waals surface area contributed by atoms with Gasteiger partial charge in [-0.3, -0.25) is 25.2 Å². The molecule has 0 bridgehead atoms. The Morgan fingerprint density at radius 2 is 1.67 bits per heavy atom. The van der Waals surface area contributed by atoms with Gasteiger partial charge in [-0.15, -0.1) is 11.3 Å². The van der Waals surface area contributed by atoms with Crippen molar-refractivity contribution in [3.05, 3.63) is 57.9 Å². The summed E-state index contributed by atoms with van der Waals surface area (Å²) in [5.41, 5.74) is 6.06. The van der Waals surface area contributed by atoms with Crippen LogP contribution in [0.25, 0.3) is 11.5 Å². The fourth-order valence-electron chi connectivity index (χ4n) is 4.57. The molecule has 2 heterocycles. The van der Waals surface area contributed by atoms with Gasteiger partial charge in [-0.25, -0.2) is 9.97 Å². The molecule has 2 atom stereocenters. The number of thiazole rings is 1. The van der Waals surface area contributed by atoms with E-state index < -0.39 is 23.8 Å². The Morgan fingerprint density at radius 3 is 2.31 bits per heavy atom. The zero-order valence-electron chi connectivity index (χ0n) is 23.1. The molecule has 1 unspecified atom stereocenters. The summed E-state index contributed by atoms with van der Waals surface area (Å²) in [7, 11) is 0. The molecule has 39 heavy (non-hydrogen) atoms. The van der Waals surface area contributed by atoms with Gasteiger partial charge in [0.2, 0.25) is 5.89 Å². The molecule has 3 N–H and O–H groups in total. The molecule has 0 radical (unpaired) electrons. The van der Waals surface area contributed by atoms with E-state index in [1.165, 1.54) is 24.2 Å². The lowest BCUT2D eigenvalue weighted by Crippen LogP contribution is -2.52. The van der Waals surface area contributed by atoms with Gasteiger partial charge >= 0.3 is 0 Å². The van der Waals surface area contributed by atoms with Crippen LogP contribution in [0.15, 0.2) is 40.1 Å². The number of aryl methyl sites for hydroxylation is 1. The third kappa shape index (κ3) is 7.53. The fraction of sp³-hybridized carbons (Fsp3) is 0.483. The number of aromatic nitrogens is 2. The molecule has 208 valence electrons. The maximum absolute atomic E-state index is 13.1. The summed E-state index contributed by atoms with van der Waals surface area (Å²) in [6.07, 6.45) is 3.83. The Labute approximate surface area is 233 Å². The molecule has 3 amide bonds. The van der Waals surface area contributed by atoms with Crippen LogP contribution in [0.2, 0.25) is 0 Å². The van der Waals surface area contributed by atoms with Crippen LogP contribution in [0.4, 0.5) is 0 Å². The molecule has 4 rings (SSSR count). The number of oxazole rings is 1. The first-order chi connectivity index (χ1) is 18.6. The van der Waals surface area contributed by atoms with Crippen molar-refractivity contribution in [2.24, 2.45) is 17.8 Å². The SMILES string of the molecule is Cc1oc(-c2ccccc2)nc1C(=O)N[C@@H](CC(C)C)C(=O)NNC(=O)c1csc(C(CC(C)C)C2CC2)n1. The van der Waals surface area contributed by atoms with Crippen molar-refractivity contribution in [2.75, 3.05) is 0 Å². The predicted octanol–water partition coefficient (Wildman–Crippen LogP) is 5.25. The number of hydrogen-bond acceptors (Lipinski definition) is 7. The highest BCUT2D eigenvalue weighted by Crippen LogP contribution is 2.46. The van der Waals surface area contributed by atoms with E-state index >= 15 is 0 Å². The number of hydrazine groups is 1. The van der Waals surface area contributed by atoms with Crippen LogP contribution in [-0.4, -0.2) is 33.7 Å². The summed E-state index contributed by atoms with van der Waals surface area (Å²) >= 11 is 1.50. The lowest BCUT2D eigenvalue weighted by molar-refractivity contribution is -0.124. The lowest BCUT2D eigenvalue weighted by atomic mass is 9.93. The van der Waals surface area contributed by atoms with Crippen LogP contribution in [0, 0.1) is 24.7 Å². The van der Waals surface area contributed by atoms with Crippen LogP contribution < -0.4 is 16.2 Å². The smallest absolute Gasteiger partial charge is 0.289 e. The topological polar surface area (TPSA) is 126 Å². The Bertz CT molecular complexity index is 1300. The molecule has 1 saturated carbocycles. The monoisotopic (exact) mass is 551 g/mol. The van der Waals surface area contributed by atoms with E-state index in [0.717, 1.165) is 17.0 Å². The van der Waals surface area contributed by atoms with E-state index in [4.69, 9.17) is 4.42 Å². The Morgan fingerprint density at radius 1 is 0.974 bits per heavy atom. The first kappa shape index (κ1) is 28.5. The second kappa shape index (κ2) is 12.5. The first-order valence-electron chi connectivity index (χ1n) is 13.5. The molecule has 1 aromatic carbocycles. The van der Waals surface area contributed by atoms with Gasteiger partial charge in [0, 0.05) is 16.9 Å². The molecule has 0 aliphatic heterocycles. The Kier molecular flexibility index (Phi) is 9.16. The number of nitrogens with one attached hydrogen (secondary N) is 3. The zero-order chi connectivity index (χ0) is 28.1. The van der Waals surface area contributed by atoms with Gasteiger partial charge in [-0.2, -0.15) is 0 Å². The quantitative estimate of drug-likeness (QED) is 0.279. The van der Waals surface area contributed by atoms with E-state index in [2.05, 4.69) is 40.0 Å². The molecule has 0 saturated heterocycles. The maximum Gasteiger partial charge on any atom is 0.289 e. The first-order valence-corrected chi connectivity index (χ1v) is 14.4. The Hall–Kier alpha value is -3.53. The molecule has 1 aliphatic carbocycles. The minimum absolute atomic E-state index is 0.108. The number of carbonyl (C=O) groups excluding carboxylic acids is 3. The van der Waals surface area contributed by atoms with Gasteiger partial charge < -0.3 is 9.73 Å². The van der Waals surface area contributed by atoms with Crippen molar-refractivity contribution in [3.63, 3.8) is 0 Å². The van der Waals surface area contributed by atoms with Gasteiger partial charge in [0.1, 0.15) is 17.5 Å². The Balaban J connectivity index is 1.38. The number of hydrogen-bond donors (Lipinski definition) is 3. The minimum Gasteiger partial charge on any atom is -0.441 e. The second-order valence-corrected chi connectivity index (χ2v) is 11.9. The number of nitrogens with zero attached hydrogens (tertiary/aromatic N) is 2. The van der Waals surface area contributed by atoms with Crippen LogP contribution in [0.1, 0.15) is 91.0 Å². The van der Waals surface area contributed by atoms with Crippen molar-refractivity contribution in [3.8, 4) is 11.5 Å². The van der Waals surface area contributed by atoms with Gasteiger partial charge in [0.25, 0.3) is 17.7 Å². The third-order valence-corrected chi connectivity index (χ3v) is 7.63. The van der Waals surface area contributed by atoms with E-state index in [9.17, 15) is 14.4 Å². The third-order valence-electron chi connectivity index (χ3n) is 6.65. The average Bonchev–Trinajstić information content (AvgIpc) is 3.48. The van der Waals surface area contributed by atoms with Gasteiger partial charge in [0.05, 0.1) is 5.01 Å². The second-order valence-electron chi connectivity index (χ2n) is 11.0. The number of amides is 3. The zero-order valence-corrected chi connectivity index (χ0v) is 23.9. The van der Waals surface area contributed by atoms with Crippen LogP contribution >= 0.6 is 11.3 Å². The van der Waals surface area contributed by atoms with Gasteiger partial charge in [-0.05, 0) is 62.5 Å². The number of rotatable bonds is 11. The van der Waals surface area contributed by atoms with Gasteiger partial charge in [0.15, 0.2) is 5.69 Å². The van der Waals surface area contributed by atoms with Gasteiger partial charge in [-0.1, -0.05) is 45.9 Å². The summed E-state index contributed by atoms with van der Waals surface area (Å²) in [4.78, 5) is 47.8. The largest absolute Gasteiger partial charge is 0.441 e. The normalized spacial score (nSPS) is 14.7. The highest BCUT2D eigenvalue weighted by atomic mass is 32.1. The molecule has 2 aromatic heterocycles.